The van der Waals surface area contributed by atoms with Crippen LogP contribution in [0.4, 0.5) is 21.5 Å². The van der Waals surface area contributed by atoms with Crippen LogP contribution in [-0.4, -0.2) is 39.0 Å². The van der Waals surface area contributed by atoms with Crippen molar-refractivity contribution in [3.05, 3.63) is 82.4 Å². The molecule has 2 aromatic carbocycles. The van der Waals surface area contributed by atoms with E-state index in [2.05, 4.69) is 15.7 Å². The van der Waals surface area contributed by atoms with Crippen LogP contribution in [-0.2, 0) is 27.5 Å². The topological polar surface area (TPSA) is 139 Å². The Labute approximate surface area is 198 Å². The number of hydrogen-bond donors (Lipinski definition) is 2. The number of carbonyl (C=O) groups is 3. The summed E-state index contributed by atoms with van der Waals surface area (Å²) in [5.74, 6) is -2.65. The molecule has 11 nitrogen and oxygen atoms in total. The van der Waals surface area contributed by atoms with Crippen molar-refractivity contribution in [3.8, 4) is 0 Å². The molecule has 3 amide bonds. The predicted molar refractivity (Wildman–Crippen MR) is 123 cm³/mol. The van der Waals surface area contributed by atoms with Crippen molar-refractivity contribution in [3.63, 3.8) is 0 Å². The summed E-state index contributed by atoms with van der Waals surface area (Å²) in [7, 11) is 0. The van der Waals surface area contributed by atoms with Crippen LogP contribution in [0, 0.1) is 21.8 Å². The monoisotopic (exact) mass is 480 g/mol. The van der Waals surface area contributed by atoms with Gasteiger partial charge < -0.3 is 15.5 Å². The number of amides is 3. The molecule has 0 saturated carbocycles. The lowest BCUT2D eigenvalue weighted by atomic mass is 10.1. The zero-order valence-corrected chi connectivity index (χ0v) is 18.4. The minimum Gasteiger partial charge on any atom is -0.352 e. The number of nitro groups is 1. The third-order valence-corrected chi connectivity index (χ3v) is 5.48. The summed E-state index contributed by atoms with van der Waals surface area (Å²) in [4.78, 5) is 48.6. The van der Waals surface area contributed by atoms with Gasteiger partial charge in [0.25, 0.3) is 0 Å². The molecule has 3 aromatic rings. The van der Waals surface area contributed by atoms with Gasteiger partial charge in [0.1, 0.15) is 6.54 Å². The molecule has 1 saturated heterocycles. The second kappa shape index (κ2) is 10.1. The van der Waals surface area contributed by atoms with E-state index in [1.807, 2.05) is 0 Å². The molecule has 1 unspecified atom stereocenters. The molecular formula is C23H21FN6O5. The Balaban J connectivity index is 1.33. The van der Waals surface area contributed by atoms with Crippen LogP contribution in [0.25, 0.3) is 0 Å². The highest BCUT2D eigenvalue weighted by Crippen LogP contribution is 2.29. The lowest BCUT2D eigenvalue weighted by Crippen LogP contribution is -2.32. The fourth-order valence-electron chi connectivity index (χ4n) is 3.78. The summed E-state index contributed by atoms with van der Waals surface area (Å²) in [5, 5.41) is 20.5. The van der Waals surface area contributed by atoms with Crippen molar-refractivity contribution >= 4 is 34.8 Å². The molecule has 180 valence electrons. The lowest BCUT2D eigenvalue weighted by Gasteiger charge is -2.16. The Morgan fingerprint density at radius 1 is 1.20 bits per heavy atom. The van der Waals surface area contributed by atoms with Crippen molar-refractivity contribution in [2.45, 2.75) is 19.5 Å². The minimum absolute atomic E-state index is 0.0248. The summed E-state index contributed by atoms with van der Waals surface area (Å²) in [6.07, 6.45) is 3.19. The van der Waals surface area contributed by atoms with Crippen LogP contribution >= 0.6 is 0 Å². The minimum atomic E-state index is -1.00. The second-order valence-corrected chi connectivity index (χ2v) is 7.97. The fraction of sp³-hybridized carbons (Fsp3) is 0.217. The number of aromatic nitrogens is 2. The van der Waals surface area contributed by atoms with Gasteiger partial charge in [0.2, 0.25) is 23.5 Å². The molecule has 1 aromatic heterocycles. The van der Waals surface area contributed by atoms with Gasteiger partial charge in [0, 0.05) is 43.7 Å². The Morgan fingerprint density at radius 2 is 2.03 bits per heavy atom. The van der Waals surface area contributed by atoms with Crippen molar-refractivity contribution < 1.29 is 23.7 Å². The number of benzene rings is 2. The molecular weight excluding hydrogens is 459 g/mol. The Bertz CT molecular complexity index is 1280. The molecule has 35 heavy (non-hydrogen) atoms. The maximum Gasteiger partial charge on any atom is 0.306 e. The highest BCUT2D eigenvalue weighted by molar-refractivity contribution is 6.00. The van der Waals surface area contributed by atoms with E-state index in [4.69, 9.17) is 0 Å². The number of hydrogen-bond acceptors (Lipinski definition) is 6. The molecule has 0 radical (unpaired) electrons. The average Bonchev–Trinajstić information content (AvgIpc) is 3.47. The van der Waals surface area contributed by atoms with Crippen molar-refractivity contribution in [1.29, 1.82) is 0 Å². The summed E-state index contributed by atoms with van der Waals surface area (Å²) in [6, 6.07) is 11.9. The third kappa shape index (κ3) is 5.66. The molecule has 0 aliphatic carbocycles. The van der Waals surface area contributed by atoms with E-state index in [-0.39, 0.29) is 49.5 Å². The SMILES string of the molecule is O=C(Cn1cccn1)Nc1cccc(CNC(=O)C2CC(=O)N(c3ccc(F)c([N+](=O)[O-])c3)C2)c1. The summed E-state index contributed by atoms with van der Waals surface area (Å²) >= 11 is 0. The van der Waals surface area contributed by atoms with Crippen molar-refractivity contribution in [2.24, 2.45) is 5.92 Å². The molecule has 2 heterocycles. The average molecular weight is 480 g/mol. The van der Waals surface area contributed by atoms with Crippen LogP contribution in [0.2, 0.25) is 0 Å². The first-order valence-electron chi connectivity index (χ1n) is 10.7. The van der Waals surface area contributed by atoms with E-state index < -0.39 is 22.3 Å². The summed E-state index contributed by atoms with van der Waals surface area (Å²) in [6.45, 7) is 0.267. The van der Waals surface area contributed by atoms with E-state index in [9.17, 15) is 28.9 Å². The standard InChI is InChI=1S/C23H21FN6O5/c24-19-6-5-18(11-20(19)30(34)35)29-13-16(10-22(29)32)23(33)25-12-15-3-1-4-17(9-15)27-21(31)14-28-8-2-7-26-28/h1-9,11,16H,10,12-14H2,(H,25,33)(H,27,31). The van der Waals surface area contributed by atoms with E-state index >= 15 is 0 Å². The first kappa shape index (κ1) is 23.5. The van der Waals surface area contributed by atoms with E-state index in [1.54, 1.807) is 42.7 Å². The first-order chi connectivity index (χ1) is 16.8. The maximum absolute atomic E-state index is 13.6. The lowest BCUT2D eigenvalue weighted by molar-refractivity contribution is -0.387. The largest absolute Gasteiger partial charge is 0.352 e. The summed E-state index contributed by atoms with van der Waals surface area (Å²) in [5.41, 5.74) is 0.733. The van der Waals surface area contributed by atoms with Crippen molar-refractivity contribution in [2.75, 3.05) is 16.8 Å². The number of nitrogens with one attached hydrogen (secondary N) is 2. The summed E-state index contributed by atoms with van der Waals surface area (Å²) < 4.78 is 15.1. The number of nitrogens with zero attached hydrogens (tertiary/aromatic N) is 4. The number of nitro benzene ring substituents is 1. The van der Waals surface area contributed by atoms with Gasteiger partial charge in [-0.3, -0.25) is 29.2 Å². The highest BCUT2D eigenvalue weighted by Gasteiger charge is 2.35. The maximum atomic E-state index is 13.6. The molecule has 0 spiro atoms. The highest BCUT2D eigenvalue weighted by atomic mass is 19.1. The van der Waals surface area contributed by atoms with Gasteiger partial charge in [0.05, 0.1) is 16.5 Å². The third-order valence-electron chi connectivity index (χ3n) is 5.48. The van der Waals surface area contributed by atoms with Gasteiger partial charge in [-0.15, -0.1) is 0 Å². The van der Waals surface area contributed by atoms with Crippen molar-refractivity contribution in [1.82, 2.24) is 15.1 Å². The van der Waals surface area contributed by atoms with E-state index in [0.717, 1.165) is 17.7 Å². The molecule has 12 heteroatoms. The van der Waals surface area contributed by atoms with Crippen LogP contribution in [0.3, 0.4) is 0 Å². The van der Waals surface area contributed by atoms with Gasteiger partial charge >= 0.3 is 5.69 Å². The normalized spacial score (nSPS) is 15.2. The molecule has 1 aliphatic rings. The first-order valence-corrected chi connectivity index (χ1v) is 10.7. The smallest absolute Gasteiger partial charge is 0.306 e. The second-order valence-electron chi connectivity index (χ2n) is 7.97. The number of rotatable bonds is 8. The Morgan fingerprint density at radius 3 is 2.77 bits per heavy atom. The Hall–Kier alpha value is -4.61. The van der Waals surface area contributed by atoms with E-state index in [0.29, 0.717) is 5.69 Å². The zero-order chi connectivity index (χ0) is 24.9. The fourth-order valence-corrected chi connectivity index (χ4v) is 3.78. The van der Waals surface area contributed by atoms with Crippen LogP contribution in [0.5, 0.6) is 0 Å². The molecule has 1 aliphatic heterocycles. The predicted octanol–water partition coefficient (Wildman–Crippen LogP) is 2.24. The molecule has 2 N–H and O–H groups in total. The molecule has 4 rings (SSSR count). The van der Waals surface area contributed by atoms with Gasteiger partial charge in [-0.1, -0.05) is 12.1 Å². The van der Waals surface area contributed by atoms with Gasteiger partial charge in [-0.25, -0.2) is 0 Å². The zero-order valence-electron chi connectivity index (χ0n) is 18.4. The van der Waals surface area contributed by atoms with Gasteiger partial charge in [0.15, 0.2) is 0 Å². The van der Waals surface area contributed by atoms with Crippen LogP contribution < -0.4 is 15.5 Å². The number of carbonyl (C=O) groups excluding carboxylic acids is 3. The molecule has 1 atom stereocenters. The number of halogens is 1. The Kier molecular flexibility index (Phi) is 6.81. The molecule has 1 fully saturated rings. The molecule has 0 bridgehead atoms. The quantitative estimate of drug-likeness (QED) is 0.374. The van der Waals surface area contributed by atoms with Crippen LogP contribution in [0.15, 0.2) is 60.9 Å². The number of anilines is 2. The van der Waals surface area contributed by atoms with E-state index in [1.165, 1.54) is 15.6 Å². The van der Waals surface area contributed by atoms with Gasteiger partial charge in [-0.05, 0) is 35.9 Å². The van der Waals surface area contributed by atoms with Gasteiger partial charge in [-0.2, -0.15) is 9.49 Å². The van der Waals surface area contributed by atoms with Crippen LogP contribution in [0.1, 0.15) is 12.0 Å².